The number of hydrogen-bond acceptors (Lipinski definition) is 6. The Hall–Kier alpha value is -1.82. The summed E-state index contributed by atoms with van der Waals surface area (Å²) in [6.45, 7) is 2.96. The van der Waals surface area contributed by atoms with E-state index in [1.165, 1.54) is 30.0 Å². The van der Waals surface area contributed by atoms with Crippen LogP contribution in [0.5, 0.6) is 0 Å². The normalized spacial score (nSPS) is 15.2. The van der Waals surface area contributed by atoms with Crippen molar-refractivity contribution in [1.82, 2.24) is 9.29 Å². The molecule has 3 aromatic rings. The third-order valence-electron chi connectivity index (χ3n) is 5.49. The predicted octanol–water partition coefficient (Wildman–Crippen LogP) is 5.82. The fourth-order valence-electron chi connectivity index (χ4n) is 3.65. The van der Waals surface area contributed by atoms with Gasteiger partial charge in [0.15, 0.2) is 0 Å². The number of pyridine rings is 1. The third-order valence-corrected chi connectivity index (χ3v) is 10.6. The number of benzene rings is 2. The molecule has 1 saturated heterocycles. The van der Waals surface area contributed by atoms with E-state index in [4.69, 9.17) is 23.2 Å². The van der Waals surface area contributed by atoms with Gasteiger partial charge in [-0.05, 0) is 73.9 Å². The summed E-state index contributed by atoms with van der Waals surface area (Å²) in [6, 6.07) is 12.5. The van der Waals surface area contributed by atoms with Crippen LogP contribution in [0.3, 0.4) is 0 Å². The highest BCUT2D eigenvalue weighted by atomic mass is 35.5. The molecule has 0 saturated carbocycles. The summed E-state index contributed by atoms with van der Waals surface area (Å²) in [5, 5.41) is 0.348. The van der Waals surface area contributed by atoms with Crippen molar-refractivity contribution >= 4 is 60.8 Å². The molecular weight excluding hydrogens is 549 g/mol. The van der Waals surface area contributed by atoms with Gasteiger partial charge in [0.05, 0.1) is 9.92 Å². The Morgan fingerprint density at radius 1 is 0.943 bits per heavy atom. The molecule has 0 radical (unpaired) electrons. The summed E-state index contributed by atoms with van der Waals surface area (Å²) < 4.78 is 55.1. The average molecular weight is 573 g/mol. The Kier molecular flexibility index (Phi) is 7.99. The molecule has 186 valence electrons. The van der Waals surface area contributed by atoms with Gasteiger partial charge in [0.1, 0.15) is 10.7 Å². The lowest BCUT2D eigenvalue weighted by molar-refractivity contribution is 0.346. The molecule has 4 rings (SSSR count). The van der Waals surface area contributed by atoms with E-state index in [9.17, 15) is 16.8 Å². The molecule has 12 heteroatoms. The average Bonchev–Trinajstić information content (AvgIpc) is 2.81. The summed E-state index contributed by atoms with van der Waals surface area (Å²) in [5.74, 6) is 0.154. The number of aromatic nitrogens is 1. The number of hydrogen-bond donors (Lipinski definition) is 1. The number of halogens is 2. The quantitative estimate of drug-likeness (QED) is 0.383. The van der Waals surface area contributed by atoms with Crippen LogP contribution in [0, 0.1) is 6.92 Å². The molecule has 0 spiro atoms. The zero-order valence-corrected chi connectivity index (χ0v) is 22.7. The number of aryl methyl sites for hydroxylation is 1. The van der Waals surface area contributed by atoms with E-state index in [2.05, 4.69) is 9.71 Å². The van der Waals surface area contributed by atoms with E-state index in [-0.39, 0.29) is 20.6 Å². The van der Waals surface area contributed by atoms with Crippen molar-refractivity contribution in [2.24, 2.45) is 0 Å². The van der Waals surface area contributed by atoms with Crippen LogP contribution in [0.4, 0.5) is 5.82 Å². The second-order valence-corrected chi connectivity index (χ2v) is 13.6. The minimum Gasteiger partial charge on any atom is -0.263 e. The number of anilines is 1. The molecule has 2 aromatic carbocycles. The number of rotatable bonds is 7. The molecule has 35 heavy (non-hydrogen) atoms. The Morgan fingerprint density at radius 3 is 2.26 bits per heavy atom. The number of nitrogens with zero attached hydrogens (tertiary/aromatic N) is 2. The summed E-state index contributed by atoms with van der Waals surface area (Å²) in [7, 11) is -7.43. The largest absolute Gasteiger partial charge is 0.264 e. The van der Waals surface area contributed by atoms with E-state index in [0.717, 1.165) is 34.6 Å². The molecule has 1 N–H and O–H groups in total. The van der Waals surface area contributed by atoms with Crippen molar-refractivity contribution < 1.29 is 16.8 Å². The minimum atomic E-state index is -3.95. The van der Waals surface area contributed by atoms with Gasteiger partial charge in [-0.2, -0.15) is 4.31 Å². The Bertz CT molecular complexity index is 1440. The molecule has 0 unspecified atom stereocenters. The van der Waals surface area contributed by atoms with Gasteiger partial charge in [-0.3, -0.25) is 4.72 Å². The molecule has 1 aromatic heterocycles. The van der Waals surface area contributed by atoms with Crippen LogP contribution in [0.1, 0.15) is 24.8 Å². The molecular formula is C23H23Cl2N3O4S3. The second kappa shape index (κ2) is 10.7. The lowest BCUT2D eigenvalue weighted by Crippen LogP contribution is -2.35. The fraction of sp³-hybridized carbons (Fsp3) is 0.261. The standard InChI is InChI=1S/C23H23Cl2N3O4S3/c1-16-13-23(27-34(29,30)22-10-5-17(24)14-20(22)25)26-15-21(16)33-18-6-8-19(9-7-18)35(31,32)28-11-3-2-4-12-28/h5-10,13-15H,2-4,11-12H2,1H3,(H,26,27). The molecule has 0 atom stereocenters. The smallest absolute Gasteiger partial charge is 0.263 e. The second-order valence-electron chi connectivity index (χ2n) is 8.05. The first kappa shape index (κ1) is 26.2. The van der Waals surface area contributed by atoms with Crippen LogP contribution in [-0.4, -0.2) is 39.2 Å². The van der Waals surface area contributed by atoms with E-state index < -0.39 is 20.0 Å². The van der Waals surface area contributed by atoms with Crippen LogP contribution >= 0.6 is 35.0 Å². The van der Waals surface area contributed by atoms with Crippen molar-refractivity contribution in [3.8, 4) is 0 Å². The number of nitrogens with one attached hydrogen (secondary N) is 1. The van der Waals surface area contributed by atoms with E-state index in [0.29, 0.717) is 18.1 Å². The molecule has 2 heterocycles. The van der Waals surface area contributed by atoms with Gasteiger partial charge in [0.2, 0.25) is 10.0 Å². The zero-order valence-electron chi connectivity index (χ0n) is 18.7. The molecule has 0 amide bonds. The summed E-state index contributed by atoms with van der Waals surface area (Å²) in [4.78, 5) is 6.07. The van der Waals surface area contributed by atoms with Gasteiger partial charge in [0.25, 0.3) is 10.0 Å². The summed E-state index contributed by atoms with van der Waals surface area (Å²) >= 11 is 13.3. The number of sulfonamides is 2. The van der Waals surface area contributed by atoms with Crippen LogP contribution in [0.15, 0.2) is 74.3 Å². The van der Waals surface area contributed by atoms with Gasteiger partial charge in [-0.15, -0.1) is 0 Å². The maximum Gasteiger partial charge on any atom is 0.264 e. The van der Waals surface area contributed by atoms with Gasteiger partial charge >= 0.3 is 0 Å². The van der Waals surface area contributed by atoms with Crippen molar-refractivity contribution in [2.75, 3.05) is 17.8 Å². The van der Waals surface area contributed by atoms with E-state index in [1.807, 2.05) is 6.92 Å². The van der Waals surface area contributed by atoms with Gasteiger partial charge in [-0.1, -0.05) is 41.4 Å². The fourth-order valence-corrected chi connectivity index (χ4v) is 7.79. The SMILES string of the molecule is Cc1cc(NS(=O)(=O)c2ccc(Cl)cc2Cl)ncc1Sc1ccc(S(=O)(=O)N2CCCCC2)cc1. The van der Waals surface area contributed by atoms with Crippen LogP contribution < -0.4 is 4.72 Å². The van der Waals surface area contributed by atoms with Crippen molar-refractivity contribution in [1.29, 1.82) is 0 Å². The molecule has 0 aliphatic carbocycles. The summed E-state index contributed by atoms with van der Waals surface area (Å²) in [5.41, 5.74) is 0.801. The monoisotopic (exact) mass is 571 g/mol. The van der Waals surface area contributed by atoms with E-state index >= 15 is 0 Å². The highest BCUT2D eigenvalue weighted by molar-refractivity contribution is 7.99. The van der Waals surface area contributed by atoms with Crippen molar-refractivity contribution in [3.05, 3.63) is 70.3 Å². The van der Waals surface area contributed by atoms with Crippen LogP contribution in [0.2, 0.25) is 10.0 Å². The first-order chi connectivity index (χ1) is 16.6. The predicted molar refractivity (Wildman–Crippen MR) is 139 cm³/mol. The first-order valence-corrected chi connectivity index (χ1v) is 15.3. The maximum atomic E-state index is 12.8. The Balaban J connectivity index is 1.47. The highest BCUT2D eigenvalue weighted by Crippen LogP contribution is 2.33. The van der Waals surface area contributed by atoms with Crippen LogP contribution in [0.25, 0.3) is 0 Å². The molecule has 1 aliphatic heterocycles. The topological polar surface area (TPSA) is 96.4 Å². The number of piperidine rings is 1. The van der Waals surface area contributed by atoms with Crippen molar-refractivity contribution in [2.45, 2.75) is 45.8 Å². The molecule has 1 fully saturated rings. The van der Waals surface area contributed by atoms with Gasteiger partial charge in [-0.25, -0.2) is 21.8 Å². The Morgan fingerprint density at radius 2 is 1.63 bits per heavy atom. The highest BCUT2D eigenvalue weighted by Gasteiger charge is 2.25. The Labute approximate surface area is 220 Å². The molecule has 7 nitrogen and oxygen atoms in total. The van der Waals surface area contributed by atoms with Crippen molar-refractivity contribution in [3.63, 3.8) is 0 Å². The van der Waals surface area contributed by atoms with Crippen LogP contribution in [-0.2, 0) is 20.0 Å². The molecule has 1 aliphatic rings. The lowest BCUT2D eigenvalue weighted by atomic mass is 10.2. The maximum absolute atomic E-state index is 12.8. The zero-order chi connectivity index (χ0) is 25.2. The summed E-state index contributed by atoms with van der Waals surface area (Å²) in [6.07, 6.45) is 4.40. The molecule has 0 bridgehead atoms. The third kappa shape index (κ3) is 6.12. The van der Waals surface area contributed by atoms with E-state index in [1.54, 1.807) is 40.8 Å². The first-order valence-electron chi connectivity index (χ1n) is 10.8. The van der Waals surface area contributed by atoms with Gasteiger partial charge in [0, 0.05) is 34.1 Å². The van der Waals surface area contributed by atoms with Gasteiger partial charge < -0.3 is 0 Å². The minimum absolute atomic E-state index is 0.0136. The lowest BCUT2D eigenvalue weighted by Gasteiger charge is -2.25.